The number of nitrogens with one attached hydrogen (secondary N) is 1. The van der Waals surface area contributed by atoms with Crippen molar-refractivity contribution in [3.63, 3.8) is 0 Å². The predicted octanol–water partition coefficient (Wildman–Crippen LogP) is 0.417. The molecule has 4 N–H and O–H groups in total. The first-order valence-electron chi connectivity index (χ1n) is 6.27. The summed E-state index contributed by atoms with van der Waals surface area (Å²) in [6.07, 6.45) is -0.612. The molecule has 0 heterocycles. The van der Waals surface area contributed by atoms with Crippen LogP contribution in [-0.2, 0) is 19.6 Å². The first-order valence-corrected chi connectivity index (χ1v) is 7.75. The number of nitrogens with two attached hydrogens (primary N) is 1. The molecule has 0 unspecified atom stereocenters. The van der Waals surface area contributed by atoms with Crippen LogP contribution in [0.4, 0.5) is 0 Å². The molecule has 0 aromatic heterocycles. The second kappa shape index (κ2) is 6.68. The van der Waals surface area contributed by atoms with Crippen LogP contribution in [0.15, 0.2) is 29.2 Å². The Morgan fingerprint density at radius 2 is 1.76 bits per heavy atom. The summed E-state index contributed by atoms with van der Waals surface area (Å²) in [5, 5.41) is 8.91. The van der Waals surface area contributed by atoms with Crippen LogP contribution >= 0.6 is 0 Å². The molecule has 0 bridgehead atoms. The molecule has 0 aliphatic heterocycles. The molecule has 1 aromatic carbocycles. The molecule has 116 valence electrons. The SMILES string of the molecule is CC(C)c1ccc(S(=O)(=O)N[C@H](CC(N)=O)C(=O)O)cc1. The second-order valence-corrected chi connectivity index (χ2v) is 6.62. The quantitative estimate of drug-likeness (QED) is 0.672. The summed E-state index contributed by atoms with van der Waals surface area (Å²) in [5.41, 5.74) is 5.86. The molecule has 7 nitrogen and oxygen atoms in total. The van der Waals surface area contributed by atoms with E-state index in [2.05, 4.69) is 0 Å². The van der Waals surface area contributed by atoms with Gasteiger partial charge >= 0.3 is 5.97 Å². The van der Waals surface area contributed by atoms with Gasteiger partial charge in [0.15, 0.2) is 0 Å². The Balaban J connectivity index is 2.98. The molecule has 1 amide bonds. The number of benzene rings is 1. The highest BCUT2D eigenvalue weighted by atomic mass is 32.2. The maximum atomic E-state index is 12.1. The van der Waals surface area contributed by atoms with Crippen LogP contribution in [0.25, 0.3) is 0 Å². The van der Waals surface area contributed by atoms with Crippen LogP contribution in [0.5, 0.6) is 0 Å². The molecule has 1 aromatic rings. The van der Waals surface area contributed by atoms with Crippen molar-refractivity contribution in [2.24, 2.45) is 5.73 Å². The van der Waals surface area contributed by atoms with E-state index in [0.29, 0.717) is 0 Å². The average Bonchev–Trinajstić information content (AvgIpc) is 2.37. The minimum absolute atomic E-state index is 0.0670. The molecule has 0 saturated carbocycles. The third kappa shape index (κ3) is 4.83. The van der Waals surface area contributed by atoms with Gasteiger partial charge in [-0.15, -0.1) is 0 Å². The number of hydrogen-bond donors (Lipinski definition) is 3. The molecule has 1 rings (SSSR count). The average molecular weight is 314 g/mol. The summed E-state index contributed by atoms with van der Waals surface area (Å²) in [7, 11) is -4.03. The van der Waals surface area contributed by atoms with Gasteiger partial charge < -0.3 is 10.8 Å². The lowest BCUT2D eigenvalue weighted by molar-refractivity contribution is -0.140. The lowest BCUT2D eigenvalue weighted by atomic mass is 10.0. The van der Waals surface area contributed by atoms with E-state index in [0.717, 1.165) is 5.56 Å². The Morgan fingerprint density at radius 1 is 1.24 bits per heavy atom. The Morgan fingerprint density at radius 3 is 2.14 bits per heavy atom. The van der Waals surface area contributed by atoms with Crippen molar-refractivity contribution in [2.75, 3.05) is 0 Å². The molecule has 1 atom stereocenters. The molecular weight excluding hydrogens is 296 g/mol. The van der Waals surface area contributed by atoms with E-state index in [4.69, 9.17) is 10.8 Å². The first-order chi connectivity index (χ1) is 9.63. The molecule has 0 fully saturated rings. The van der Waals surface area contributed by atoms with Crippen LogP contribution in [-0.4, -0.2) is 31.4 Å². The number of hydrogen-bond acceptors (Lipinski definition) is 4. The topological polar surface area (TPSA) is 127 Å². The predicted molar refractivity (Wildman–Crippen MR) is 76.1 cm³/mol. The van der Waals surface area contributed by atoms with Crippen LogP contribution in [0.2, 0.25) is 0 Å². The van der Waals surface area contributed by atoms with E-state index < -0.39 is 34.4 Å². The standard InChI is InChI=1S/C13H18N2O5S/c1-8(2)9-3-5-10(6-4-9)21(19,20)15-11(13(17)18)7-12(14)16/h3-6,8,11,15H,7H2,1-2H3,(H2,14,16)(H,17,18)/t11-/m1/s1. The third-order valence-corrected chi connectivity index (χ3v) is 4.35. The number of rotatable bonds is 7. The lowest BCUT2D eigenvalue weighted by Gasteiger charge is -2.14. The first kappa shape index (κ1) is 17.1. The lowest BCUT2D eigenvalue weighted by Crippen LogP contribution is -2.43. The number of carboxylic acid groups (broad SMARTS) is 1. The molecule has 0 aliphatic rings. The second-order valence-electron chi connectivity index (χ2n) is 4.91. The van der Waals surface area contributed by atoms with Crippen molar-refractivity contribution in [1.82, 2.24) is 4.72 Å². The smallest absolute Gasteiger partial charge is 0.322 e. The summed E-state index contributed by atoms with van der Waals surface area (Å²) < 4.78 is 26.1. The van der Waals surface area contributed by atoms with Crippen molar-refractivity contribution >= 4 is 21.9 Å². The number of carbonyl (C=O) groups is 2. The van der Waals surface area contributed by atoms with Crippen LogP contribution in [0.1, 0.15) is 31.7 Å². The van der Waals surface area contributed by atoms with Gasteiger partial charge in [-0.25, -0.2) is 8.42 Å². The van der Waals surface area contributed by atoms with Crippen LogP contribution < -0.4 is 10.5 Å². The Kier molecular flexibility index (Phi) is 5.45. The summed E-state index contributed by atoms with van der Waals surface area (Å²) in [5.74, 6) is -2.12. The number of sulfonamides is 1. The van der Waals surface area contributed by atoms with Gasteiger partial charge in [-0.2, -0.15) is 4.72 Å². The van der Waals surface area contributed by atoms with E-state index in [-0.39, 0.29) is 10.8 Å². The number of carboxylic acids is 1. The largest absolute Gasteiger partial charge is 0.480 e. The Hall–Kier alpha value is -1.93. The fourth-order valence-corrected chi connectivity index (χ4v) is 2.86. The zero-order valence-corrected chi connectivity index (χ0v) is 12.6. The third-order valence-electron chi connectivity index (χ3n) is 2.86. The van der Waals surface area contributed by atoms with E-state index >= 15 is 0 Å². The van der Waals surface area contributed by atoms with Gasteiger partial charge in [-0.3, -0.25) is 9.59 Å². The molecule has 8 heteroatoms. The molecule has 0 spiro atoms. The van der Waals surface area contributed by atoms with Crippen molar-refractivity contribution in [3.8, 4) is 0 Å². The zero-order valence-electron chi connectivity index (χ0n) is 11.7. The maximum Gasteiger partial charge on any atom is 0.322 e. The van der Waals surface area contributed by atoms with Crippen molar-refractivity contribution in [2.45, 2.75) is 37.1 Å². The van der Waals surface area contributed by atoms with Gasteiger partial charge in [0, 0.05) is 0 Å². The fraction of sp³-hybridized carbons (Fsp3) is 0.385. The highest BCUT2D eigenvalue weighted by Gasteiger charge is 2.26. The van der Waals surface area contributed by atoms with Crippen molar-refractivity contribution in [1.29, 1.82) is 0 Å². The monoisotopic (exact) mass is 314 g/mol. The number of primary amides is 1. The summed E-state index contributed by atoms with van der Waals surface area (Å²) in [6.45, 7) is 3.93. The Labute approximate surface area is 123 Å². The van der Waals surface area contributed by atoms with Gasteiger partial charge in [0.25, 0.3) is 0 Å². The zero-order chi connectivity index (χ0) is 16.2. The molecule has 0 radical (unpaired) electrons. The van der Waals surface area contributed by atoms with Gasteiger partial charge in [0.05, 0.1) is 11.3 Å². The number of amides is 1. The van der Waals surface area contributed by atoms with E-state index in [1.807, 2.05) is 18.6 Å². The summed E-state index contributed by atoms with van der Waals surface area (Å²) >= 11 is 0. The highest BCUT2D eigenvalue weighted by Crippen LogP contribution is 2.17. The summed E-state index contributed by atoms with van der Waals surface area (Å²) in [4.78, 5) is 21.7. The summed E-state index contributed by atoms with van der Waals surface area (Å²) in [6, 6.07) is 4.51. The van der Waals surface area contributed by atoms with Gasteiger partial charge in [0.1, 0.15) is 6.04 Å². The van der Waals surface area contributed by atoms with Crippen molar-refractivity contribution < 1.29 is 23.1 Å². The normalized spacial score (nSPS) is 13.1. The van der Waals surface area contributed by atoms with E-state index in [1.165, 1.54) is 12.1 Å². The number of aliphatic carboxylic acids is 1. The molecule has 21 heavy (non-hydrogen) atoms. The maximum absolute atomic E-state index is 12.1. The van der Waals surface area contributed by atoms with E-state index in [1.54, 1.807) is 12.1 Å². The van der Waals surface area contributed by atoms with Gasteiger partial charge in [-0.05, 0) is 23.6 Å². The van der Waals surface area contributed by atoms with Crippen molar-refractivity contribution in [3.05, 3.63) is 29.8 Å². The van der Waals surface area contributed by atoms with Crippen LogP contribution in [0.3, 0.4) is 0 Å². The van der Waals surface area contributed by atoms with E-state index in [9.17, 15) is 18.0 Å². The van der Waals surface area contributed by atoms with Gasteiger partial charge in [-0.1, -0.05) is 26.0 Å². The minimum Gasteiger partial charge on any atom is -0.480 e. The number of carbonyl (C=O) groups excluding carboxylic acids is 1. The van der Waals surface area contributed by atoms with Gasteiger partial charge in [0.2, 0.25) is 15.9 Å². The molecular formula is C13H18N2O5S. The fourth-order valence-electron chi connectivity index (χ4n) is 1.67. The molecule has 0 aliphatic carbocycles. The highest BCUT2D eigenvalue weighted by molar-refractivity contribution is 7.89. The van der Waals surface area contributed by atoms with Crippen LogP contribution in [0, 0.1) is 0 Å². The Bertz CT molecular complexity index is 622. The molecule has 0 saturated heterocycles. The minimum atomic E-state index is -4.03.